The van der Waals surface area contributed by atoms with Crippen molar-refractivity contribution < 1.29 is 24.0 Å². The number of likely N-dealkylation sites (N-methyl/N-ethyl adjacent to an activating group) is 2. The summed E-state index contributed by atoms with van der Waals surface area (Å²) in [6, 6.07) is 17.3. The SMILES string of the molecule is CNC(CCC(N)=O)C(=O)NC(Cc1ccccc1)C(C)=O.CNC(CCCCN)C(=O)NC(Cc1ccccc1)C(C)=O. The summed E-state index contributed by atoms with van der Waals surface area (Å²) in [5, 5.41) is 11.4. The van der Waals surface area contributed by atoms with Crippen molar-refractivity contribution in [1.82, 2.24) is 21.3 Å². The van der Waals surface area contributed by atoms with E-state index in [9.17, 15) is 24.0 Å². The minimum atomic E-state index is -0.584. The number of primary amides is 1. The van der Waals surface area contributed by atoms with Gasteiger partial charge in [-0.3, -0.25) is 24.0 Å². The van der Waals surface area contributed by atoms with E-state index in [2.05, 4.69) is 21.3 Å². The first-order chi connectivity index (χ1) is 21.0. The van der Waals surface area contributed by atoms with Gasteiger partial charge in [0.1, 0.15) is 0 Å². The Hall–Kier alpha value is -3.93. The van der Waals surface area contributed by atoms with Gasteiger partial charge in [-0.2, -0.15) is 0 Å². The van der Waals surface area contributed by atoms with E-state index >= 15 is 0 Å². The lowest BCUT2D eigenvalue weighted by Crippen LogP contribution is -2.50. The molecule has 8 N–H and O–H groups in total. The number of hydrogen-bond acceptors (Lipinski definition) is 8. The summed E-state index contributed by atoms with van der Waals surface area (Å²) in [5.41, 5.74) is 12.6. The van der Waals surface area contributed by atoms with Gasteiger partial charge in [0.05, 0.1) is 24.2 Å². The highest BCUT2D eigenvalue weighted by atomic mass is 16.2. The van der Waals surface area contributed by atoms with Gasteiger partial charge < -0.3 is 32.7 Å². The van der Waals surface area contributed by atoms with Crippen molar-refractivity contribution in [2.24, 2.45) is 11.5 Å². The summed E-state index contributed by atoms with van der Waals surface area (Å²) < 4.78 is 0. The zero-order chi connectivity index (χ0) is 32.9. The fourth-order valence-corrected chi connectivity index (χ4v) is 4.43. The van der Waals surface area contributed by atoms with E-state index in [0.29, 0.717) is 25.8 Å². The predicted octanol–water partition coefficient (Wildman–Crippen LogP) is 1.18. The summed E-state index contributed by atoms with van der Waals surface area (Å²) >= 11 is 0. The molecule has 44 heavy (non-hydrogen) atoms. The Balaban J connectivity index is 0.000000440. The molecule has 4 unspecified atom stereocenters. The minimum Gasteiger partial charge on any atom is -0.370 e. The van der Waals surface area contributed by atoms with E-state index in [0.717, 1.165) is 30.4 Å². The van der Waals surface area contributed by atoms with Crippen LogP contribution in [0.4, 0.5) is 0 Å². The molecular weight excluding hydrogens is 560 g/mol. The zero-order valence-corrected chi connectivity index (χ0v) is 26.4. The van der Waals surface area contributed by atoms with Gasteiger partial charge in [-0.15, -0.1) is 0 Å². The average molecular weight is 611 g/mol. The van der Waals surface area contributed by atoms with E-state index in [1.54, 1.807) is 14.1 Å². The fraction of sp³-hybridized carbons (Fsp3) is 0.485. The number of Topliss-reactive ketones (excluding diaryl/α,β-unsaturated/α-hetero) is 2. The summed E-state index contributed by atoms with van der Waals surface area (Å²) in [6.45, 7) is 3.59. The van der Waals surface area contributed by atoms with Crippen LogP contribution in [0.15, 0.2) is 60.7 Å². The third kappa shape index (κ3) is 15.5. The monoisotopic (exact) mass is 610 g/mol. The van der Waals surface area contributed by atoms with Gasteiger partial charge in [0, 0.05) is 6.42 Å². The Kier molecular flexibility index (Phi) is 18.8. The summed E-state index contributed by atoms with van der Waals surface area (Å²) in [4.78, 5) is 58.9. The second-order valence-corrected chi connectivity index (χ2v) is 10.7. The van der Waals surface area contributed by atoms with Crippen molar-refractivity contribution in [1.29, 1.82) is 0 Å². The van der Waals surface area contributed by atoms with E-state index in [1.807, 2.05) is 60.7 Å². The second-order valence-electron chi connectivity index (χ2n) is 10.7. The van der Waals surface area contributed by atoms with Crippen LogP contribution in [0.3, 0.4) is 0 Å². The van der Waals surface area contributed by atoms with Crippen LogP contribution in [0, 0.1) is 0 Å². The lowest BCUT2D eigenvalue weighted by Gasteiger charge is -2.21. The molecule has 11 nitrogen and oxygen atoms in total. The third-order valence-electron chi connectivity index (χ3n) is 7.14. The van der Waals surface area contributed by atoms with Crippen molar-refractivity contribution in [2.45, 2.75) is 83.0 Å². The highest BCUT2D eigenvalue weighted by Gasteiger charge is 2.24. The van der Waals surface area contributed by atoms with Gasteiger partial charge in [0.25, 0.3) is 0 Å². The highest BCUT2D eigenvalue weighted by molar-refractivity contribution is 5.90. The topological polar surface area (TPSA) is 186 Å². The van der Waals surface area contributed by atoms with E-state index < -0.39 is 24.0 Å². The molecule has 0 aliphatic rings. The largest absolute Gasteiger partial charge is 0.370 e. The average Bonchev–Trinajstić information content (AvgIpc) is 3.00. The van der Waals surface area contributed by atoms with Gasteiger partial charge in [0.2, 0.25) is 17.7 Å². The van der Waals surface area contributed by atoms with E-state index in [4.69, 9.17) is 11.5 Å². The van der Waals surface area contributed by atoms with Gasteiger partial charge in [-0.05, 0) is 77.7 Å². The Labute approximate surface area is 261 Å². The molecule has 242 valence electrons. The number of hydrogen-bond donors (Lipinski definition) is 6. The molecule has 0 radical (unpaired) electrons. The quantitative estimate of drug-likeness (QED) is 0.128. The van der Waals surface area contributed by atoms with Gasteiger partial charge in [0.15, 0.2) is 11.6 Å². The molecule has 0 spiro atoms. The Bertz CT molecular complexity index is 1160. The fourth-order valence-electron chi connectivity index (χ4n) is 4.43. The maximum absolute atomic E-state index is 12.3. The number of ketones is 2. The molecule has 0 aliphatic heterocycles. The van der Waals surface area contributed by atoms with Gasteiger partial charge >= 0.3 is 0 Å². The van der Waals surface area contributed by atoms with Crippen molar-refractivity contribution in [3.8, 4) is 0 Å². The number of amides is 3. The van der Waals surface area contributed by atoms with Crippen LogP contribution in [0.25, 0.3) is 0 Å². The van der Waals surface area contributed by atoms with Gasteiger partial charge in [-0.25, -0.2) is 0 Å². The highest BCUT2D eigenvalue weighted by Crippen LogP contribution is 2.07. The van der Waals surface area contributed by atoms with Crippen molar-refractivity contribution in [2.75, 3.05) is 20.6 Å². The normalized spacial score (nSPS) is 13.3. The second kappa shape index (κ2) is 21.7. The summed E-state index contributed by atoms with van der Waals surface area (Å²) in [6.07, 6.45) is 3.87. The van der Waals surface area contributed by atoms with Crippen LogP contribution in [0.5, 0.6) is 0 Å². The molecule has 11 heteroatoms. The van der Waals surface area contributed by atoms with Gasteiger partial charge in [-0.1, -0.05) is 67.1 Å². The Morgan fingerprint density at radius 1 is 0.636 bits per heavy atom. The van der Waals surface area contributed by atoms with E-state index in [-0.39, 0.29) is 35.8 Å². The van der Waals surface area contributed by atoms with Crippen molar-refractivity contribution in [3.05, 3.63) is 71.8 Å². The summed E-state index contributed by atoms with van der Waals surface area (Å²) in [7, 11) is 3.39. The molecule has 2 rings (SSSR count). The van der Waals surface area contributed by atoms with Crippen LogP contribution in [0.2, 0.25) is 0 Å². The lowest BCUT2D eigenvalue weighted by atomic mass is 10.0. The molecule has 2 aromatic carbocycles. The minimum absolute atomic E-state index is 0.0333. The molecule has 2 aromatic rings. The van der Waals surface area contributed by atoms with Crippen molar-refractivity contribution in [3.63, 3.8) is 0 Å². The number of nitrogens with one attached hydrogen (secondary N) is 4. The maximum atomic E-state index is 12.3. The molecular formula is C33H50N6O5. The molecule has 4 atom stereocenters. The summed E-state index contributed by atoms with van der Waals surface area (Å²) in [5.74, 6) is -1.04. The Morgan fingerprint density at radius 2 is 1.05 bits per heavy atom. The maximum Gasteiger partial charge on any atom is 0.237 e. The predicted molar refractivity (Wildman–Crippen MR) is 173 cm³/mol. The molecule has 0 aromatic heterocycles. The first-order valence-electron chi connectivity index (χ1n) is 15.0. The number of carbonyl (C=O) groups excluding carboxylic acids is 5. The molecule has 0 saturated heterocycles. The number of nitrogens with two attached hydrogens (primary N) is 2. The van der Waals surface area contributed by atoms with Crippen LogP contribution >= 0.6 is 0 Å². The molecule has 0 heterocycles. The number of benzene rings is 2. The molecule has 0 saturated carbocycles. The van der Waals surface area contributed by atoms with Crippen LogP contribution < -0.4 is 32.7 Å². The van der Waals surface area contributed by atoms with Crippen LogP contribution in [0.1, 0.15) is 57.1 Å². The number of carbonyl (C=O) groups is 5. The molecule has 0 aliphatic carbocycles. The smallest absolute Gasteiger partial charge is 0.237 e. The van der Waals surface area contributed by atoms with Crippen LogP contribution in [-0.4, -0.2) is 74.1 Å². The molecule has 0 fully saturated rings. The van der Waals surface area contributed by atoms with Crippen molar-refractivity contribution >= 4 is 29.3 Å². The Morgan fingerprint density at radius 3 is 1.39 bits per heavy atom. The first kappa shape index (κ1) is 38.1. The number of unbranched alkanes of at least 4 members (excludes halogenated alkanes) is 1. The van der Waals surface area contributed by atoms with Crippen LogP contribution in [-0.2, 0) is 36.8 Å². The molecule has 3 amide bonds. The number of rotatable bonds is 19. The molecule has 0 bridgehead atoms. The first-order valence-corrected chi connectivity index (χ1v) is 15.0. The third-order valence-corrected chi connectivity index (χ3v) is 7.14. The standard InChI is InChI=1S/C17H27N3O2.C16H23N3O3/c1-13(21)16(12-14-8-4-3-5-9-14)20-17(22)15(19-2)10-6-7-11-18;1-11(20)14(10-12-6-4-3-5-7-12)19-16(22)13(18-2)8-9-15(17)21/h3-5,8-9,15-16,19H,6-7,10-12,18H2,1-2H3,(H,20,22);3-7,13-14,18H,8-10H2,1-2H3,(H2,17,21)(H,19,22). The lowest BCUT2D eigenvalue weighted by molar-refractivity contribution is -0.128. The van der Waals surface area contributed by atoms with E-state index in [1.165, 1.54) is 13.8 Å². The zero-order valence-electron chi connectivity index (χ0n) is 26.4.